The van der Waals surface area contributed by atoms with Gasteiger partial charge in [0.2, 0.25) is 5.95 Å². The molecule has 0 amide bonds. The lowest BCUT2D eigenvalue weighted by Crippen LogP contribution is -2.37. The molecule has 1 aliphatic rings. The van der Waals surface area contributed by atoms with Crippen LogP contribution in [0.3, 0.4) is 0 Å². The Morgan fingerprint density at radius 3 is 2.64 bits per heavy atom. The van der Waals surface area contributed by atoms with Crippen LogP contribution in [0.4, 0.5) is 5.95 Å². The summed E-state index contributed by atoms with van der Waals surface area (Å²) in [7, 11) is 2.13. The predicted molar refractivity (Wildman–Crippen MR) is 87.3 cm³/mol. The van der Waals surface area contributed by atoms with Gasteiger partial charge in [-0.1, -0.05) is 0 Å². The number of hydrogen-bond donors (Lipinski definition) is 2. The Balaban J connectivity index is 1.92. The normalized spacial score (nSPS) is 18.0. The Kier molecular flexibility index (Phi) is 3.68. The van der Waals surface area contributed by atoms with Gasteiger partial charge in [0.15, 0.2) is 5.65 Å². The molecule has 0 saturated carbocycles. The topological polar surface area (TPSA) is 78.8 Å². The monoisotopic (exact) mass is 304 g/mol. The molecule has 0 spiro atoms. The van der Waals surface area contributed by atoms with Gasteiger partial charge in [-0.25, -0.2) is 4.68 Å². The first kappa shape index (κ1) is 15.0. The first-order chi connectivity index (χ1) is 10.3. The number of H-pyrrole nitrogens is 1. The van der Waals surface area contributed by atoms with Gasteiger partial charge >= 0.3 is 0 Å². The standard InChI is InChI=1S/C15H24N6O/c1-15(2,3)21-12-11(9-16-21)13(22)19-14(18-12)17-10-5-7-20(4)8-6-10/h9-10H,5-8H2,1-4H3,(H2,17,18,19,22). The van der Waals surface area contributed by atoms with Gasteiger partial charge in [0.05, 0.1) is 11.7 Å². The van der Waals surface area contributed by atoms with Crippen molar-refractivity contribution < 1.29 is 0 Å². The van der Waals surface area contributed by atoms with Gasteiger partial charge in [-0.3, -0.25) is 9.78 Å². The molecule has 0 aromatic carbocycles. The first-order valence-electron chi connectivity index (χ1n) is 7.78. The van der Waals surface area contributed by atoms with Crippen LogP contribution in [0.5, 0.6) is 0 Å². The molecule has 2 N–H and O–H groups in total. The number of nitrogens with zero attached hydrogens (tertiary/aromatic N) is 4. The van der Waals surface area contributed by atoms with Crippen LogP contribution >= 0.6 is 0 Å². The average molecular weight is 304 g/mol. The zero-order valence-electron chi connectivity index (χ0n) is 13.7. The van der Waals surface area contributed by atoms with E-state index in [2.05, 4.69) is 32.3 Å². The summed E-state index contributed by atoms with van der Waals surface area (Å²) in [6, 6.07) is 0.350. The first-order valence-corrected chi connectivity index (χ1v) is 7.78. The van der Waals surface area contributed by atoms with E-state index in [1.54, 1.807) is 10.9 Å². The van der Waals surface area contributed by atoms with Gasteiger partial charge < -0.3 is 10.2 Å². The number of nitrogens with one attached hydrogen (secondary N) is 2. The minimum atomic E-state index is -0.215. The quantitative estimate of drug-likeness (QED) is 0.876. The van der Waals surface area contributed by atoms with Crippen molar-refractivity contribution in [1.82, 2.24) is 24.6 Å². The largest absolute Gasteiger partial charge is 0.353 e. The number of aromatic nitrogens is 4. The number of anilines is 1. The molecular formula is C15H24N6O. The minimum Gasteiger partial charge on any atom is -0.353 e. The fourth-order valence-electron chi connectivity index (χ4n) is 2.82. The zero-order valence-corrected chi connectivity index (χ0v) is 13.7. The van der Waals surface area contributed by atoms with Gasteiger partial charge in [-0.2, -0.15) is 10.1 Å². The van der Waals surface area contributed by atoms with Crippen molar-refractivity contribution in [2.75, 3.05) is 25.5 Å². The van der Waals surface area contributed by atoms with Crippen molar-refractivity contribution in [2.45, 2.75) is 45.2 Å². The zero-order chi connectivity index (χ0) is 15.9. The number of rotatable bonds is 2. The van der Waals surface area contributed by atoms with Crippen molar-refractivity contribution in [3.05, 3.63) is 16.6 Å². The molecular weight excluding hydrogens is 280 g/mol. The Bertz CT molecular complexity index is 718. The molecule has 22 heavy (non-hydrogen) atoms. The van der Waals surface area contributed by atoms with Crippen LogP contribution in [0.1, 0.15) is 33.6 Å². The average Bonchev–Trinajstić information content (AvgIpc) is 2.86. The molecule has 0 bridgehead atoms. The van der Waals surface area contributed by atoms with Crippen molar-refractivity contribution in [2.24, 2.45) is 0 Å². The lowest BCUT2D eigenvalue weighted by molar-refractivity contribution is 0.263. The van der Waals surface area contributed by atoms with Crippen LogP contribution in [-0.4, -0.2) is 50.8 Å². The predicted octanol–water partition coefficient (Wildman–Crippen LogP) is 1.38. The van der Waals surface area contributed by atoms with E-state index in [0.29, 0.717) is 23.0 Å². The van der Waals surface area contributed by atoms with Gasteiger partial charge in [-0.05, 0) is 53.8 Å². The van der Waals surface area contributed by atoms with E-state index >= 15 is 0 Å². The molecule has 3 heterocycles. The lowest BCUT2D eigenvalue weighted by atomic mass is 10.1. The molecule has 0 unspecified atom stereocenters. The van der Waals surface area contributed by atoms with Gasteiger partial charge in [0, 0.05) is 6.04 Å². The second-order valence-corrected chi connectivity index (χ2v) is 7.10. The highest BCUT2D eigenvalue weighted by Gasteiger charge is 2.21. The molecule has 7 nitrogen and oxygen atoms in total. The molecule has 2 aromatic rings. The van der Waals surface area contributed by atoms with Crippen LogP contribution in [-0.2, 0) is 5.54 Å². The summed E-state index contributed by atoms with van der Waals surface area (Å²) in [5, 5.41) is 8.22. The van der Waals surface area contributed by atoms with E-state index in [1.807, 2.05) is 20.8 Å². The second-order valence-electron chi connectivity index (χ2n) is 7.10. The maximum absolute atomic E-state index is 12.2. The van der Waals surface area contributed by atoms with E-state index in [1.165, 1.54) is 0 Å². The molecule has 120 valence electrons. The second kappa shape index (κ2) is 5.39. The molecule has 1 saturated heterocycles. The van der Waals surface area contributed by atoms with Crippen LogP contribution in [0.25, 0.3) is 11.0 Å². The van der Waals surface area contributed by atoms with Crippen molar-refractivity contribution in [3.63, 3.8) is 0 Å². The fourth-order valence-corrected chi connectivity index (χ4v) is 2.82. The van der Waals surface area contributed by atoms with Gasteiger partial charge in [0.25, 0.3) is 5.56 Å². The Labute approximate surface area is 129 Å². The number of likely N-dealkylation sites (tertiary alicyclic amines) is 1. The Hall–Kier alpha value is -1.89. The highest BCUT2D eigenvalue weighted by Crippen LogP contribution is 2.19. The summed E-state index contributed by atoms with van der Waals surface area (Å²) in [6.07, 6.45) is 3.69. The van der Waals surface area contributed by atoms with Crippen LogP contribution < -0.4 is 10.9 Å². The van der Waals surface area contributed by atoms with Crippen LogP contribution in [0.2, 0.25) is 0 Å². The third-order valence-electron chi connectivity index (χ3n) is 4.13. The third-order valence-corrected chi connectivity index (χ3v) is 4.13. The minimum absolute atomic E-state index is 0.143. The molecule has 1 aliphatic heterocycles. The van der Waals surface area contributed by atoms with E-state index in [-0.39, 0.29) is 11.1 Å². The summed E-state index contributed by atoms with van der Waals surface area (Å²) >= 11 is 0. The molecule has 2 aromatic heterocycles. The van der Waals surface area contributed by atoms with E-state index in [0.717, 1.165) is 25.9 Å². The number of hydrogen-bond acceptors (Lipinski definition) is 5. The van der Waals surface area contributed by atoms with Crippen molar-refractivity contribution in [3.8, 4) is 0 Å². The number of fused-ring (bicyclic) bond motifs is 1. The van der Waals surface area contributed by atoms with E-state index in [9.17, 15) is 4.79 Å². The highest BCUT2D eigenvalue weighted by atomic mass is 16.1. The smallest absolute Gasteiger partial charge is 0.263 e. The SMILES string of the molecule is CN1CCC(Nc2nc3c(cnn3C(C)(C)C)c(=O)[nH]2)CC1. The molecule has 0 radical (unpaired) electrons. The summed E-state index contributed by atoms with van der Waals surface area (Å²) < 4.78 is 1.80. The molecule has 3 rings (SSSR count). The maximum Gasteiger partial charge on any atom is 0.263 e. The van der Waals surface area contributed by atoms with Crippen molar-refractivity contribution in [1.29, 1.82) is 0 Å². The van der Waals surface area contributed by atoms with Crippen molar-refractivity contribution >= 4 is 17.0 Å². The van der Waals surface area contributed by atoms with Crippen LogP contribution in [0, 0.1) is 0 Å². The summed E-state index contributed by atoms with van der Waals surface area (Å²) in [5.41, 5.74) is 0.274. The third kappa shape index (κ3) is 2.85. The van der Waals surface area contributed by atoms with Gasteiger partial charge in [-0.15, -0.1) is 0 Å². The van der Waals surface area contributed by atoms with E-state index in [4.69, 9.17) is 0 Å². The Morgan fingerprint density at radius 1 is 1.32 bits per heavy atom. The van der Waals surface area contributed by atoms with Gasteiger partial charge in [0.1, 0.15) is 5.39 Å². The van der Waals surface area contributed by atoms with E-state index < -0.39 is 0 Å². The molecule has 1 fully saturated rings. The summed E-state index contributed by atoms with van der Waals surface area (Å²) in [6.45, 7) is 8.26. The lowest BCUT2D eigenvalue weighted by Gasteiger charge is -2.29. The molecule has 7 heteroatoms. The number of piperidine rings is 1. The number of aromatic amines is 1. The summed E-state index contributed by atoms with van der Waals surface area (Å²) in [4.78, 5) is 22.0. The fraction of sp³-hybridized carbons (Fsp3) is 0.667. The highest BCUT2D eigenvalue weighted by molar-refractivity contribution is 5.74. The Morgan fingerprint density at radius 2 is 2.00 bits per heavy atom. The molecule has 0 atom stereocenters. The summed E-state index contributed by atoms with van der Waals surface area (Å²) in [5.74, 6) is 0.540. The molecule has 0 aliphatic carbocycles. The maximum atomic E-state index is 12.2. The van der Waals surface area contributed by atoms with Crippen LogP contribution in [0.15, 0.2) is 11.0 Å².